The molecule has 1 aliphatic carbocycles. The average molecular weight is 462 g/mol. The minimum atomic E-state index is -0.300. The van der Waals surface area contributed by atoms with Crippen LogP contribution < -0.4 is 5.73 Å². The maximum atomic E-state index is 12.2. The summed E-state index contributed by atoms with van der Waals surface area (Å²) in [6.45, 7) is 7.18. The zero-order valence-corrected chi connectivity index (χ0v) is 20.4. The first kappa shape index (κ1) is 26.0. The van der Waals surface area contributed by atoms with E-state index in [9.17, 15) is 9.59 Å². The topological polar surface area (TPSA) is 91.2 Å². The number of unbranched alkanes of at least 4 members (excludes halogenated alkanes) is 8. The molecule has 2 fully saturated rings. The number of nitrogens with two attached hydrogens (primary N) is 1. The number of esters is 2. The maximum Gasteiger partial charge on any atom is 0.334 e. The summed E-state index contributed by atoms with van der Waals surface area (Å²) in [7, 11) is 0. The monoisotopic (exact) mass is 461 g/mol. The van der Waals surface area contributed by atoms with Crippen LogP contribution in [0, 0.1) is 5.92 Å². The Bertz CT molecular complexity index is 717. The molecular formula is C27H43NO5. The number of allylic oxidation sites excluding steroid dienone is 1. The van der Waals surface area contributed by atoms with Gasteiger partial charge < -0.3 is 19.9 Å². The van der Waals surface area contributed by atoms with E-state index in [0.717, 1.165) is 57.1 Å². The van der Waals surface area contributed by atoms with Crippen LogP contribution in [0.5, 0.6) is 0 Å². The van der Waals surface area contributed by atoms with Crippen molar-refractivity contribution in [1.82, 2.24) is 0 Å². The smallest absolute Gasteiger partial charge is 0.334 e. The van der Waals surface area contributed by atoms with E-state index in [1.54, 1.807) is 0 Å². The summed E-state index contributed by atoms with van der Waals surface area (Å²) in [6.07, 6.45) is 16.3. The molecule has 6 heteroatoms. The fourth-order valence-corrected chi connectivity index (χ4v) is 5.15. The molecule has 0 aromatic carbocycles. The first-order valence-electron chi connectivity index (χ1n) is 13.1. The van der Waals surface area contributed by atoms with Gasteiger partial charge in [-0.05, 0) is 57.6 Å². The second-order valence-electron chi connectivity index (χ2n) is 10.2. The van der Waals surface area contributed by atoms with Crippen LogP contribution in [0.3, 0.4) is 0 Å². The molecule has 4 atom stereocenters. The van der Waals surface area contributed by atoms with Crippen LogP contribution in [0.2, 0.25) is 0 Å². The molecule has 2 N–H and O–H groups in total. The summed E-state index contributed by atoms with van der Waals surface area (Å²) < 4.78 is 17.1. The van der Waals surface area contributed by atoms with Gasteiger partial charge in [0.05, 0.1) is 5.60 Å². The van der Waals surface area contributed by atoms with Crippen molar-refractivity contribution in [2.24, 2.45) is 11.7 Å². The SMILES string of the molecule is C=C1C(=O)O[C@H]2[C@H]1CC/C(COC(=O)CCCCCCCCCCCN)=C/CC[C@@]1(C)O[C@@H]21. The van der Waals surface area contributed by atoms with Crippen molar-refractivity contribution in [3.8, 4) is 0 Å². The molecule has 0 saturated carbocycles. The lowest BCUT2D eigenvalue weighted by molar-refractivity contribution is -0.143. The molecule has 186 valence electrons. The Morgan fingerprint density at radius 2 is 1.82 bits per heavy atom. The van der Waals surface area contributed by atoms with Crippen molar-refractivity contribution in [3.05, 3.63) is 23.8 Å². The first-order valence-corrected chi connectivity index (χ1v) is 13.1. The van der Waals surface area contributed by atoms with Crippen LogP contribution in [0.1, 0.15) is 96.8 Å². The molecule has 0 amide bonds. The highest BCUT2D eigenvalue weighted by atomic mass is 16.6. The molecule has 0 bridgehead atoms. The van der Waals surface area contributed by atoms with E-state index in [1.807, 2.05) is 0 Å². The van der Waals surface area contributed by atoms with Gasteiger partial charge in [0, 0.05) is 17.9 Å². The lowest BCUT2D eigenvalue weighted by Crippen LogP contribution is -2.29. The molecule has 0 aromatic heterocycles. The Morgan fingerprint density at radius 1 is 1.15 bits per heavy atom. The van der Waals surface area contributed by atoms with Gasteiger partial charge in [0.1, 0.15) is 18.8 Å². The molecule has 33 heavy (non-hydrogen) atoms. The molecule has 2 saturated heterocycles. The van der Waals surface area contributed by atoms with Crippen molar-refractivity contribution in [3.63, 3.8) is 0 Å². The lowest BCUT2D eigenvalue weighted by Gasteiger charge is -2.20. The third-order valence-electron chi connectivity index (χ3n) is 7.44. The number of hydrogen-bond donors (Lipinski definition) is 1. The summed E-state index contributed by atoms with van der Waals surface area (Å²) in [5.74, 6) is -0.443. The van der Waals surface area contributed by atoms with Gasteiger partial charge >= 0.3 is 11.9 Å². The lowest BCUT2D eigenvalue weighted by atomic mass is 9.84. The van der Waals surface area contributed by atoms with Crippen LogP contribution in [0.25, 0.3) is 0 Å². The van der Waals surface area contributed by atoms with Crippen LogP contribution in [0.15, 0.2) is 23.8 Å². The third kappa shape index (κ3) is 7.68. The van der Waals surface area contributed by atoms with Gasteiger partial charge in [0.15, 0.2) is 0 Å². The Balaban J connectivity index is 1.33. The maximum absolute atomic E-state index is 12.2. The fraction of sp³-hybridized carbons (Fsp3) is 0.778. The van der Waals surface area contributed by atoms with Gasteiger partial charge in [-0.2, -0.15) is 0 Å². The Labute approximate surface area is 199 Å². The van der Waals surface area contributed by atoms with Crippen LogP contribution in [0.4, 0.5) is 0 Å². The molecule has 6 nitrogen and oxygen atoms in total. The second-order valence-corrected chi connectivity index (χ2v) is 10.2. The molecule has 0 radical (unpaired) electrons. The third-order valence-corrected chi connectivity index (χ3v) is 7.44. The summed E-state index contributed by atoms with van der Waals surface area (Å²) in [5.41, 5.74) is 6.93. The number of epoxide rings is 1. The summed E-state index contributed by atoms with van der Waals surface area (Å²) in [5, 5.41) is 0. The molecule has 0 aromatic rings. The second kappa shape index (κ2) is 12.7. The molecule has 0 unspecified atom stereocenters. The van der Waals surface area contributed by atoms with Crippen molar-refractivity contribution in [1.29, 1.82) is 0 Å². The van der Waals surface area contributed by atoms with E-state index in [-0.39, 0.29) is 35.7 Å². The average Bonchev–Trinajstić information content (AvgIpc) is 3.38. The molecular weight excluding hydrogens is 418 g/mol. The number of fused-ring (bicyclic) bond motifs is 3. The number of ether oxygens (including phenoxy) is 3. The van der Waals surface area contributed by atoms with Gasteiger partial charge in [-0.3, -0.25) is 4.79 Å². The molecule has 2 heterocycles. The van der Waals surface area contributed by atoms with E-state index in [4.69, 9.17) is 19.9 Å². The highest BCUT2D eigenvalue weighted by Gasteiger charge is 2.61. The van der Waals surface area contributed by atoms with Crippen molar-refractivity contribution in [2.75, 3.05) is 13.2 Å². The van der Waals surface area contributed by atoms with Gasteiger partial charge in [-0.25, -0.2) is 4.79 Å². The summed E-state index contributed by atoms with van der Waals surface area (Å²) in [4.78, 5) is 24.3. The fourth-order valence-electron chi connectivity index (χ4n) is 5.15. The highest BCUT2D eigenvalue weighted by Crippen LogP contribution is 2.49. The molecule has 0 spiro atoms. The highest BCUT2D eigenvalue weighted by molar-refractivity contribution is 5.91. The van der Waals surface area contributed by atoms with Crippen LogP contribution in [-0.4, -0.2) is 42.9 Å². The van der Waals surface area contributed by atoms with Crippen LogP contribution in [-0.2, 0) is 23.8 Å². The van der Waals surface area contributed by atoms with Gasteiger partial charge in [0.2, 0.25) is 0 Å². The number of carbonyl (C=O) groups is 2. The number of carbonyl (C=O) groups excluding carboxylic acids is 2. The zero-order valence-electron chi connectivity index (χ0n) is 20.4. The zero-order chi connectivity index (χ0) is 23.7. The molecule has 3 aliphatic rings. The Morgan fingerprint density at radius 3 is 2.52 bits per heavy atom. The van der Waals surface area contributed by atoms with E-state index >= 15 is 0 Å². The summed E-state index contributed by atoms with van der Waals surface area (Å²) in [6, 6.07) is 0. The van der Waals surface area contributed by atoms with Crippen molar-refractivity contribution < 1.29 is 23.8 Å². The van der Waals surface area contributed by atoms with E-state index < -0.39 is 0 Å². The number of hydrogen-bond acceptors (Lipinski definition) is 6. The van der Waals surface area contributed by atoms with Crippen molar-refractivity contribution >= 4 is 11.9 Å². The van der Waals surface area contributed by atoms with E-state index in [2.05, 4.69) is 19.6 Å². The number of rotatable bonds is 13. The standard InChI is InChI=1S/C27H43NO5/c1-20-22-16-15-21(13-12-17-27(2)25(33-27)24(22)32-26(20)30)19-31-23(29)14-10-8-6-4-3-5-7-9-11-18-28/h13,22,24-25H,1,3-12,14-19,28H2,2H3/b21-13-/t22-,24-,25-,27+/m0/s1. The van der Waals surface area contributed by atoms with Crippen molar-refractivity contribution in [2.45, 2.75) is 115 Å². The predicted octanol–water partition coefficient (Wildman–Crippen LogP) is 5.15. The Hall–Kier alpha value is -1.66. The summed E-state index contributed by atoms with van der Waals surface area (Å²) >= 11 is 0. The van der Waals surface area contributed by atoms with Gasteiger partial charge in [-0.15, -0.1) is 0 Å². The predicted molar refractivity (Wildman–Crippen MR) is 129 cm³/mol. The minimum absolute atomic E-state index is 0.0258. The molecule has 3 rings (SSSR count). The minimum Gasteiger partial charge on any atom is -0.461 e. The van der Waals surface area contributed by atoms with Gasteiger partial charge in [0.25, 0.3) is 0 Å². The van der Waals surface area contributed by atoms with Gasteiger partial charge in [-0.1, -0.05) is 57.6 Å². The van der Waals surface area contributed by atoms with E-state index in [1.165, 1.54) is 38.5 Å². The van der Waals surface area contributed by atoms with Crippen LogP contribution >= 0.6 is 0 Å². The Kier molecular flexibility index (Phi) is 9.99. The first-order chi connectivity index (χ1) is 15.9. The quantitative estimate of drug-likeness (QED) is 0.134. The normalized spacial score (nSPS) is 30.6. The molecule has 2 aliphatic heterocycles. The largest absolute Gasteiger partial charge is 0.461 e. The van der Waals surface area contributed by atoms with E-state index in [0.29, 0.717) is 18.6 Å².